The van der Waals surface area contributed by atoms with E-state index in [1.54, 1.807) is 25.5 Å². The molecule has 27 heavy (non-hydrogen) atoms. The second kappa shape index (κ2) is 8.55. The van der Waals surface area contributed by atoms with Gasteiger partial charge in [0.05, 0.1) is 12.8 Å². The Labute approximate surface area is 164 Å². The molecule has 0 unspecified atom stereocenters. The fourth-order valence-corrected chi connectivity index (χ4v) is 2.70. The van der Waals surface area contributed by atoms with Gasteiger partial charge in [-0.05, 0) is 54.1 Å². The van der Waals surface area contributed by atoms with Crippen LogP contribution < -0.4 is 9.47 Å². The van der Waals surface area contributed by atoms with Crippen molar-refractivity contribution in [1.29, 1.82) is 0 Å². The number of benzene rings is 2. The fraction of sp³-hybridized carbons (Fsp3) is 0.100. The molecule has 0 aliphatic rings. The van der Waals surface area contributed by atoms with E-state index in [2.05, 4.69) is 20.9 Å². The van der Waals surface area contributed by atoms with Crippen molar-refractivity contribution in [2.24, 2.45) is 4.99 Å². The Morgan fingerprint density at radius 3 is 2.74 bits per heavy atom. The first kappa shape index (κ1) is 18.7. The number of halogens is 1. The van der Waals surface area contributed by atoms with Crippen molar-refractivity contribution in [3.8, 4) is 11.5 Å². The van der Waals surface area contributed by atoms with Crippen molar-refractivity contribution < 1.29 is 23.8 Å². The summed E-state index contributed by atoms with van der Waals surface area (Å²) in [7, 11) is 1.55. The standard InChI is InChI=1S/C20H16BrNO5/c1-25-19-9-13(11-22-15-4-2-3-14(21)10-15)5-7-17(19)26-12-16-6-8-18(27-16)20(23)24/h2-11H,12H2,1H3,(H,23,24). The molecule has 1 N–H and O–H groups in total. The van der Waals surface area contributed by atoms with Gasteiger partial charge in [0.25, 0.3) is 0 Å². The van der Waals surface area contributed by atoms with E-state index < -0.39 is 5.97 Å². The third-order valence-corrected chi connectivity index (χ3v) is 4.09. The lowest BCUT2D eigenvalue weighted by Gasteiger charge is -2.10. The van der Waals surface area contributed by atoms with Gasteiger partial charge in [0.1, 0.15) is 12.4 Å². The van der Waals surface area contributed by atoms with E-state index in [0.29, 0.717) is 17.3 Å². The number of carbonyl (C=O) groups is 1. The van der Waals surface area contributed by atoms with Crippen LogP contribution in [0.5, 0.6) is 11.5 Å². The quantitative estimate of drug-likeness (QED) is 0.529. The van der Waals surface area contributed by atoms with E-state index in [1.807, 2.05) is 36.4 Å². The highest BCUT2D eigenvalue weighted by molar-refractivity contribution is 9.10. The Bertz CT molecular complexity index is 980. The molecule has 0 aliphatic heterocycles. The van der Waals surface area contributed by atoms with Crippen LogP contribution in [0.25, 0.3) is 0 Å². The molecule has 0 fully saturated rings. The van der Waals surface area contributed by atoms with Crippen LogP contribution in [0, 0.1) is 0 Å². The largest absolute Gasteiger partial charge is 0.493 e. The molecule has 0 radical (unpaired) electrons. The van der Waals surface area contributed by atoms with E-state index >= 15 is 0 Å². The van der Waals surface area contributed by atoms with Gasteiger partial charge in [-0.1, -0.05) is 22.0 Å². The third kappa shape index (κ3) is 4.98. The summed E-state index contributed by atoms with van der Waals surface area (Å²) >= 11 is 3.42. The predicted octanol–water partition coefficient (Wildman–Crippen LogP) is 5.08. The van der Waals surface area contributed by atoms with Crippen molar-refractivity contribution >= 4 is 33.8 Å². The summed E-state index contributed by atoms with van der Waals surface area (Å²) in [5.41, 5.74) is 1.68. The highest BCUT2D eigenvalue weighted by Gasteiger charge is 2.11. The van der Waals surface area contributed by atoms with Gasteiger partial charge in [0, 0.05) is 10.7 Å². The Balaban J connectivity index is 1.70. The highest BCUT2D eigenvalue weighted by Crippen LogP contribution is 2.29. The summed E-state index contributed by atoms with van der Waals surface area (Å²) in [6.45, 7) is 0.0924. The average Bonchev–Trinajstić information content (AvgIpc) is 3.14. The summed E-state index contributed by atoms with van der Waals surface area (Å²) in [6.07, 6.45) is 1.74. The minimum Gasteiger partial charge on any atom is -0.493 e. The molecule has 3 rings (SSSR count). The molecule has 0 saturated carbocycles. The number of rotatable bonds is 7. The Hall–Kier alpha value is -3.06. The first-order valence-corrected chi connectivity index (χ1v) is 8.77. The number of aromatic carboxylic acids is 1. The zero-order chi connectivity index (χ0) is 19.2. The number of hydrogen-bond acceptors (Lipinski definition) is 5. The zero-order valence-electron chi connectivity index (χ0n) is 14.4. The molecule has 7 heteroatoms. The molecule has 3 aromatic rings. The van der Waals surface area contributed by atoms with Gasteiger partial charge in [0.15, 0.2) is 11.5 Å². The SMILES string of the molecule is COc1cc(C=Nc2cccc(Br)c2)ccc1OCc1ccc(C(=O)O)o1. The summed E-state index contributed by atoms with van der Waals surface area (Å²) in [6, 6.07) is 16.1. The van der Waals surface area contributed by atoms with E-state index in [9.17, 15) is 4.79 Å². The van der Waals surface area contributed by atoms with Crippen molar-refractivity contribution in [1.82, 2.24) is 0 Å². The van der Waals surface area contributed by atoms with Gasteiger partial charge in [-0.25, -0.2) is 4.79 Å². The molecule has 1 aromatic heterocycles. The minimum atomic E-state index is -1.12. The van der Waals surface area contributed by atoms with E-state index in [0.717, 1.165) is 15.7 Å². The van der Waals surface area contributed by atoms with Crippen molar-refractivity contribution in [2.45, 2.75) is 6.61 Å². The molecule has 138 valence electrons. The average molecular weight is 430 g/mol. The molecule has 6 nitrogen and oxygen atoms in total. The van der Waals surface area contributed by atoms with Crippen LogP contribution in [0.4, 0.5) is 5.69 Å². The highest BCUT2D eigenvalue weighted by atomic mass is 79.9. The van der Waals surface area contributed by atoms with Crippen molar-refractivity contribution in [3.05, 3.63) is 76.2 Å². The van der Waals surface area contributed by atoms with Crippen molar-refractivity contribution in [3.63, 3.8) is 0 Å². The predicted molar refractivity (Wildman–Crippen MR) is 104 cm³/mol. The van der Waals surface area contributed by atoms with Crippen LogP contribution in [-0.4, -0.2) is 24.4 Å². The molecule has 2 aromatic carbocycles. The normalized spacial score (nSPS) is 10.9. The van der Waals surface area contributed by atoms with Crippen LogP contribution in [0.1, 0.15) is 21.9 Å². The molecular formula is C20H16BrNO5. The maximum Gasteiger partial charge on any atom is 0.371 e. The van der Waals surface area contributed by atoms with E-state index in [-0.39, 0.29) is 12.4 Å². The lowest BCUT2D eigenvalue weighted by atomic mass is 10.2. The minimum absolute atomic E-state index is 0.0924. The molecule has 0 amide bonds. The molecule has 0 aliphatic carbocycles. The van der Waals surface area contributed by atoms with Gasteiger partial charge in [-0.15, -0.1) is 0 Å². The molecule has 0 spiro atoms. The molecule has 0 bridgehead atoms. The number of ether oxygens (including phenoxy) is 2. The molecular weight excluding hydrogens is 414 g/mol. The van der Waals surface area contributed by atoms with Gasteiger partial charge >= 0.3 is 5.97 Å². The van der Waals surface area contributed by atoms with Gasteiger partial charge in [-0.2, -0.15) is 0 Å². The number of carboxylic acids is 1. The van der Waals surface area contributed by atoms with Gasteiger partial charge < -0.3 is 19.0 Å². The molecule has 0 saturated heterocycles. The summed E-state index contributed by atoms with van der Waals surface area (Å²) in [5, 5.41) is 8.87. The van der Waals surface area contributed by atoms with Crippen LogP contribution in [-0.2, 0) is 6.61 Å². The van der Waals surface area contributed by atoms with Crippen LogP contribution in [0.2, 0.25) is 0 Å². The topological polar surface area (TPSA) is 81.3 Å². The third-order valence-electron chi connectivity index (χ3n) is 3.60. The number of hydrogen-bond donors (Lipinski definition) is 1. The smallest absolute Gasteiger partial charge is 0.371 e. The Kier molecular flexibility index (Phi) is 5.93. The number of aliphatic imine (C=N–C) groups is 1. The van der Waals surface area contributed by atoms with Crippen LogP contribution in [0.3, 0.4) is 0 Å². The monoisotopic (exact) mass is 429 g/mol. The number of nitrogens with zero attached hydrogens (tertiary/aromatic N) is 1. The molecule has 1 heterocycles. The van der Waals surface area contributed by atoms with Crippen LogP contribution in [0.15, 0.2) is 68.5 Å². The summed E-state index contributed by atoms with van der Waals surface area (Å²) in [5.74, 6) is 0.228. The summed E-state index contributed by atoms with van der Waals surface area (Å²) in [4.78, 5) is 15.3. The summed E-state index contributed by atoms with van der Waals surface area (Å²) < 4.78 is 17.2. The first-order chi connectivity index (χ1) is 13.0. The lowest BCUT2D eigenvalue weighted by Crippen LogP contribution is -1.98. The van der Waals surface area contributed by atoms with Crippen molar-refractivity contribution in [2.75, 3.05) is 7.11 Å². The lowest BCUT2D eigenvalue weighted by molar-refractivity contribution is 0.0658. The Morgan fingerprint density at radius 1 is 1.19 bits per heavy atom. The van der Waals surface area contributed by atoms with E-state index in [1.165, 1.54) is 6.07 Å². The second-order valence-corrected chi connectivity index (χ2v) is 6.42. The van der Waals surface area contributed by atoms with Crippen LogP contribution >= 0.6 is 15.9 Å². The first-order valence-electron chi connectivity index (χ1n) is 7.97. The van der Waals surface area contributed by atoms with Gasteiger partial charge in [-0.3, -0.25) is 4.99 Å². The molecule has 0 atom stereocenters. The van der Waals surface area contributed by atoms with Gasteiger partial charge in [0.2, 0.25) is 5.76 Å². The number of methoxy groups -OCH3 is 1. The fourth-order valence-electron chi connectivity index (χ4n) is 2.31. The number of furan rings is 1. The second-order valence-electron chi connectivity index (χ2n) is 5.51. The maximum absolute atomic E-state index is 10.8. The Morgan fingerprint density at radius 2 is 2.04 bits per heavy atom. The van der Waals surface area contributed by atoms with E-state index in [4.69, 9.17) is 19.0 Å². The maximum atomic E-state index is 10.8. The zero-order valence-corrected chi connectivity index (χ0v) is 16.0. The number of carboxylic acid groups (broad SMARTS) is 1.